The van der Waals surface area contributed by atoms with Crippen LogP contribution in [0.1, 0.15) is 53.5 Å². The van der Waals surface area contributed by atoms with Crippen LogP contribution in [0, 0.1) is 18.6 Å². The Bertz CT molecular complexity index is 1000. The average Bonchev–Trinajstić information content (AvgIpc) is 3.38. The second kappa shape index (κ2) is 7.05. The van der Waals surface area contributed by atoms with Crippen LogP contribution in [0.4, 0.5) is 8.78 Å². The number of piperidine rings is 1. The van der Waals surface area contributed by atoms with Crippen LogP contribution in [0.2, 0.25) is 0 Å². The fourth-order valence-electron chi connectivity index (χ4n) is 4.79. The summed E-state index contributed by atoms with van der Waals surface area (Å²) in [6.45, 7) is 2.50. The second-order valence-corrected chi connectivity index (χ2v) is 8.59. The number of hydrogen-bond donors (Lipinski definition) is 0. The first kappa shape index (κ1) is 19.5. The molecule has 2 amide bonds. The van der Waals surface area contributed by atoms with Gasteiger partial charge in [-0.05, 0) is 37.5 Å². The van der Waals surface area contributed by atoms with E-state index in [1.807, 2.05) is 0 Å². The molecule has 1 aromatic heterocycles. The average molecular weight is 434 g/mol. The fraction of sp³-hybridized carbons (Fsp3) is 0.500. The number of ether oxygens (including phenoxy) is 1. The topological polar surface area (TPSA) is 75.6 Å². The zero-order valence-electron chi connectivity index (χ0n) is 16.3. The number of fused-ring (bicyclic) bond motifs is 1. The van der Waals surface area contributed by atoms with Gasteiger partial charge in [-0.3, -0.25) is 9.59 Å². The van der Waals surface area contributed by atoms with Gasteiger partial charge >= 0.3 is 0 Å². The highest BCUT2D eigenvalue weighted by Gasteiger charge is 2.58. The molecule has 0 bridgehead atoms. The Morgan fingerprint density at radius 2 is 1.87 bits per heavy atom. The van der Waals surface area contributed by atoms with Gasteiger partial charge in [-0.15, -0.1) is 0 Å². The quantitative estimate of drug-likeness (QED) is 0.727. The standard InChI is InChI=1S/C20H20F2N4O3S/c1-11-17(24-30-23-11)18(27)25-6-4-20(5-7-25)19(28)26-15(2-3-16(26)29-20)12-8-13(21)10-14(22)9-12/h8-10,15-16H,2-7H2,1H3/t15-,16+/m0/s1. The monoisotopic (exact) mass is 434 g/mol. The van der Waals surface area contributed by atoms with E-state index in [0.717, 1.165) is 17.8 Å². The zero-order valence-corrected chi connectivity index (χ0v) is 17.1. The van der Waals surface area contributed by atoms with Crippen molar-refractivity contribution >= 4 is 23.5 Å². The highest BCUT2D eigenvalue weighted by atomic mass is 32.1. The smallest absolute Gasteiger partial charge is 0.275 e. The molecule has 10 heteroatoms. The van der Waals surface area contributed by atoms with Gasteiger partial charge in [0.2, 0.25) is 0 Å². The number of benzene rings is 1. The first-order valence-electron chi connectivity index (χ1n) is 9.93. The Morgan fingerprint density at radius 3 is 2.50 bits per heavy atom. The molecule has 3 saturated heterocycles. The van der Waals surface area contributed by atoms with E-state index in [2.05, 4.69) is 8.75 Å². The van der Waals surface area contributed by atoms with E-state index in [4.69, 9.17) is 4.74 Å². The van der Waals surface area contributed by atoms with Gasteiger partial charge in [0.25, 0.3) is 11.8 Å². The molecule has 4 heterocycles. The SMILES string of the molecule is Cc1nsnc1C(=O)N1CCC2(CC1)O[C@@H]1CC[C@@H](c3cc(F)cc(F)c3)N1C2=O. The molecular formula is C20H20F2N4O3S. The largest absolute Gasteiger partial charge is 0.342 e. The molecule has 7 nitrogen and oxygen atoms in total. The molecule has 0 aliphatic carbocycles. The number of amides is 2. The summed E-state index contributed by atoms with van der Waals surface area (Å²) in [5.74, 6) is -1.66. The molecule has 2 atom stereocenters. The van der Waals surface area contributed by atoms with E-state index >= 15 is 0 Å². The number of carbonyl (C=O) groups excluding carboxylic acids is 2. The second-order valence-electron chi connectivity index (χ2n) is 8.07. The molecule has 158 valence electrons. The molecular weight excluding hydrogens is 414 g/mol. The molecule has 0 unspecified atom stereocenters. The van der Waals surface area contributed by atoms with Crippen molar-refractivity contribution in [3.63, 3.8) is 0 Å². The Morgan fingerprint density at radius 1 is 1.17 bits per heavy atom. The minimum atomic E-state index is -0.985. The number of aromatic nitrogens is 2. The lowest BCUT2D eigenvalue weighted by Gasteiger charge is -2.37. The third-order valence-electron chi connectivity index (χ3n) is 6.30. The molecule has 0 saturated carbocycles. The maximum absolute atomic E-state index is 13.7. The normalized spacial score (nSPS) is 25.2. The molecule has 3 aliphatic rings. The van der Waals surface area contributed by atoms with E-state index < -0.39 is 29.5 Å². The lowest BCUT2D eigenvalue weighted by atomic mass is 9.89. The summed E-state index contributed by atoms with van der Waals surface area (Å²) in [5, 5.41) is 0. The Balaban J connectivity index is 1.33. The third-order valence-corrected chi connectivity index (χ3v) is 6.92. The van der Waals surface area contributed by atoms with Crippen molar-refractivity contribution in [1.29, 1.82) is 0 Å². The van der Waals surface area contributed by atoms with Crippen molar-refractivity contribution in [3.05, 3.63) is 46.8 Å². The van der Waals surface area contributed by atoms with Crippen LogP contribution in [0.3, 0.4) is 0 Å². The predicted octanol–water partition coefficient (Wildman–Crippen LogP) is 2.82. The number of rotatable bonds is 2. The number of nitrogens with zero attached hydrogens (tertiary/aromatic N) is 4. The molecule has 3 fully saturated rings. The van der Waals surface area contributed by atoms with Gasteiger partial charge in [-0.1, -0.05) is 0 Å². The molecule has 0 N–H and O–H groups in total. The van der Waals surface area contributed by atoms with Crippen LogP contribution in [0.25, 0.3) is 0 Å². The maximum atomic E-state index is 13.7. The third kappa shape index (κ3) is 3.01. The van der Waals surface area contributed by atoms with Gasteiger partial charge in [0.15, 0.2) is 11.3 Å². The predicted molar refractivity (Wildman–Crippen MR) is 103 cm³/mol. The number of carbonyl (C=O) groups is 2. The molecule has 1 aromatic carbocycles. The lowest BCUT2D eigenvalue weighted by molar-refractivity contribution is -0.142. The van der Waals surface area contributed by atoms with Gasteiger partial charge in [-0.2, -0.15) is 8.75 Å². The van der Waals surface area contributed by atoms with Gasteiger partial charge in [0.1, 0.15) is 17.9 Å². The van der Waals surface area contributed by atoms with Crippen LogP contribution in [-0.4, -0.2) is 55.3 Å². The highest BCUT2D eigenvalue weighted by Crippen LogP contribution is 2.47. The summed E-state index contributed by atoms with van der Waals surface area (Å²) < 4.78 is 41.8. The van der Waals surface area contributed by atoms with Gasteiger partial charge in [0, 0.05) is 32.0 Å². The van der Waals surface area contributed by atoms with E-state index in [9.17, 15) is 18.4 Å². The Kier molecular flexibility index (Phi) is 4.59. The van der Waals surface area contributed by atoms with Crippen LogP contribution in [-0.2, 0) is 9.53 Å². The van der Waals surface area contributed by atoms with Crippen molar-refractivity contribution in [3.8, 4) is 0 Å². The Hall–Kier alpha value is -2.46. The van der Waals surface area contributed by atoms with Crippen LogP contribution < -0.4 is 0 Å². The molecule has 1 spiro atoms. The number of likely N-dealkylation sites (tertiary alicyclic amines) is 1. The summed E-state index contributed by atoms with van der Waals surface area (Å²) in [6.07, 6.45) is 1.57. The summed E-state index contributed by atoms with van der Waals surface area (Å²) in [6, 6.07) is 2.97. The first-order valence-corrected chi connectivity index (χ1v) is 10.7. The van der Waals surface area contributed by atoms with Crippen molar-refractivity contribution in [2.45, 2.75) is 50.5 Å². The number of aryl methyl sites for hydroxylation is 1. The van der Waals surface area contributed by atoms with Crippen molar-refractivity contribution < 1.29 is 23.1 Å². The van der Waals surface area contributed by atoms with Crippen LogP contribution >= 0.6 is 11.7 Å². The summed E-state index contributed by atoms with van der Waals surface area (Å²) in [5.41, 5.74) is 0.414. The van der Waals surface area contributed by atoms with Crippen molar-refractivity contribution in [2.75, 3.05) is 13.1 Å². The van der Waals surface area contributed by atoms with Crippen molar-refractivity contribution in [2.24, 2.45) is 0 Å². The van der Waals surface area contributed by atoms with Gasteiger partial charge in [-0.25, -0.2) is 8.78 Å². The molecule has 2 aromatic rings. The molecule has 0 radical (unpaired) electrons. The number of hydrogen-bond acceptors (Lipinski definition) is 6. The number of halogens is 2. The summed E-state index contributed by atoms with van der Waals surface area (Å²) >= 11 is 1.00. The Labute approximate surface area is 175 Å². The lowest BCUT2D eigenvalue weighted by Crippen LogP contribution is -2.51. The fourth-order valence-corrected chi connectivity index (χ4v) is 5.33. The van der Waals surface area contributed by atoms with E-state index in [-0.39, 0.29) is 11.8 Å². The highest BCUT2D eigenvalue weighted by molar-refractivity contribution is 6.99. The summed E-state index contributed by atoms with van der Waals surface area (Å²) in [7, 11) is 0. The van der Waals surface area contributed by atoms with E-state index in [1.165, 1.54) is 12.1 Å². The zero-order chi connectivity index (χ0) is 21.0. The minimum Gasteiger partial charge on any atom is -0.342 e. The van der Waals surface area contributed by atoms with E-state index in [0.29, 0.717) is 55.7 Å². The molecule has 30 heavy (non-hydrogen) atoms. The van der Waals surface area contributed by atoms with Gasteiger partial charge in [0.05, 0.1) is 23.5 Å². The van der Waals surface area contributed by atoms with Crippen LogP contribution in [0.15, 0.2) is 18.2 Å². The maximum Gasteiger partial charge on any atom is 0.275 e. The first-order chi connectivity index (χ1) is 14.4. The van der Waals surface area contributed by atoms with Crippen molar-refractivity contribution in [1.82, 2.24) is 18.5 Å². The van der Waals surface area contributed by atoms with Gasteiger partial charge < -0.3 is 14.5 Å². The van der Waals surface area contributed by atoms with Crippen LogP contribution in [0.5, 0.6) is 0 Å². The minimum absolute atomic E-state index is 0.154. The molecule has 5 rings (SSSR count). The summed E-state index contributed by atoms with van der Waals surface area (Å²) in [4.78, 5) is 29.4. The molecule has 3 aliphatic heterocycles. The van der Waals surface area contributed by atoms with E-state index in [1.54, 1.807) is 16.7 Å².